The average Bonchev–Trinajstić information content (AvgIpc) is 2.62. The normalized spacial score (nSPS) is 12.1. The van der Waals surface area contributed by atoms with Gasteiger partial charge in [-0.3, -0.25) is 14.3 Å². The van der Waals surface area contributed by atoms with Crippen LogP contribution in [0.5, 0.6) is 0 Å². The zero-order chi connectivity index (χ0) is 13.5. The number of nitrogens with zero attached hydrogens (tertiary/aromatic N) is 2. The quantitative estimate of drug-likeness (QED) is 0.753. The van der Waals surface area contributed by atoms with E-state index in [0.29, 0.717) is 13.1 Å². The first-order valence-corrected chi connectivity index (χ1v) is 5.95. The highest BCUT2D eigenvalue weighted by molar-refractivity contribution is 5.77. The van der Waals surface area contributed by atoms with Crippen LogP contribution in [0.25, 0.3) is 0 Å². The Kier molecular flexibility index (Phi) is 5.35. The van der Waals surface area contributed by atoms with E-state index >= 15 is 0 Å². The number of rotatable bonds is 7. The van der Waals surface area contributed by atoms with Gasteiger partial charge >= 0.3 is 5.97 Å². The van der Waals surface area contributed by atoms with Crippen molar-refractivity contribution >= 4 is 11.9 Å². The molecular formula is C12H19N3O3. The van der Waals surface area contributed by atoms with Gasteiger partial charge < -0.3 is 10.4 Å². The SMILES string of the molecule is Cc1cnn(CCNC(=O)CC(C)CC(=O)O)c1. The molecular weight excluding hydrogens is 234 g/mol. The molecule has 1 heterocycles. The molecule has 1 aromatic heterocycles. The number of carbonyl (C=O) groups excluding carboxylic acids is 1. The summed E-state index contributed by atoms with van der Waals surface area (Å²) in [7, 11) is 0. The summed E-state index contributed by atoms with van der Waals surface area (Å²) in [6.45, 7) is 4.83. The number of aliphatic carboxylic acids is 1. The molecule has 0 saturated carbocycles. The second-order valence-electron chi connectivity index (χ2n) is 4.54. The number of carbonyl (C=O) groups is 2. The van der Waals surface area contributed by atoms with E-state index in [4.69, 9.17) is 5.11 Å². The molecule has 1 atom stereocenters. The fourth-order valence-electron chi connectivity index (χ4n) is 1.66. The molecule has 0 aliphatic carbocycles. The summed E-state index contributed by atoms with van der Waals surface area (Å²) in [6, 6.07) is 0. The van der Waals surface area contributed by atoms with Crippen molar-refractivity contribution in [2.45, 2.75) is 33.2 Å². The van der Waals surface area contributed by atoms with E-state index in [0.717, 1.165) is 5.56 Å². The third kappa shape index (κ3) is 5.47. The minimum atomic E-state index is -0.873. The van der Waals surface area contributed by atoms with Gasteiger partial charge in [-0.15, -0.1) is 0 Å². The van der Waals surface area contributed by atoms with Crippen molar-refractivity contribution in [1.29, 1.82) is 0 Å². The maximum Gasteiger partial charge on any atom is 0.303 e. The summed E-state index contributed by atoms with van der Waals surface area (Å²) in [4.78, 5) is 21.9. The van der Waals surface area contributed by atoms with E-state index in [2.05, 4.69) is 10.4 Å². The Labute approximate surface area is 106 Å². The van der Waals surface area contributed by atoms with E-state index in [1.807, 2.05) is 13.1 Å². The Morgan fingerprint density at radius 2 is 2.22 bits per heavy atom. The number of nitrogens with one attached hydrogen (secondary N) is 1. The summed E-state index contributed by atoms with van der Waals surface area (Å²) >= 11 is 0. The molecule has 2 N–H and O–H groups in total. The van der Waals surface area contributed by atoms with Crippen LogP contribution < -0.4 is 5.32 Å². The second kappa shape index (κ2) is 6.78. The van der Waals surface area contributed by atoms with Gasteiger partial charge in [0.05, 0.1) is 12.7 Å². The first kappa shape index (κ1) is 14.2. The van der Waals surface area contributed by atoms with Crippen LogP contribution in [-0.2, 0) is 16.1 Å². The van der Waals surface area contributed by atoms with Crippen molar-refractivity contribution in [1.82, 2.24) is 15.1 Å². The van der Waals surface area contributed by atoms with Gasteiger partial charge in [-0.05, 0) is 18.4 Å². The lowest BCUT2D eigenvalue weighted by molar-refractivity contribution is -0.138. The molecule has 6 nitrogen and oxygen atoms in total. The number of hydrogen-bond donors (Lipinski definition) is 2. The molecule has 1 unspecified atom stereocenters. The van der Waals surface area contributed by atoms with Crippen LogP contribution in [-0.4, -0.2) is 33.3 Å². The lowest BCUT2D eigenvalue weighted by Gasteiger charge is -2.09. The molecule has 0 saturated heterocycles. The van der Waals surface area contributed by atoms with Crippen LogP contribution in [0.1, 0.15) is 25.3 Å². The molecule has 0 radical (unpaired) electrons. The van der Waals surface area contributed by atoms with Gasteiger partial charge in [0.25, 0.3) is 0 Å². The maximum atomic E-state index is 11.5. The number of hydrogen-bond acceptors (Lipinski definition) is 3. The fourth-order valence-corrected chi connectivity index (χ4v) is 1.66. The van der Waals surface area contributed by atoms with Crippen LogP contribution in [0.4, 0.5) is 0 Å². The van der Waals surface area contributed by atoms with Crippen LogP contribution in [0.2, 0.25) is 0 Å². The molecule has 0 fully saturated rings. The van der Waals surface area contributed by atoms with Crippen LogP contribution in [0.3, 0.4) is 0 Å². The van der Waals surface area contributed by atoms with Crippen LogP contribution in [0.15, 0.2) is 12.4 Å². The lowest BCUT2D eigenvalue weighted by Crippen LogP contribution is -2.28. The summed E-state index contributed by atoms with van der Waals surface area (Å²) in [5, 5.41) is 15.4. The van der Waals surface area contributed by atoms with Gasteiger partial charge in [-0.2, -0.15) is 5.10 Å². The molecule has 1 amide bonds. The summed E-state index contributed by atoms with van der Waals surface area (Å²) < 4.78 is 1.76. The molecule has 6 heteroatoms. The Hall–Kier alpha value is -1.85. The number of aromatic nitrogens is 2. The van der Waals surface area contributed by atoms with E-state index in [-0.39, 0.29) is 24.7 Å². The lowest BCUT2D eigenvalue weighted by atomic mass is 10.0. The minimum absolute atomic E-state index is 0.0196. The van der Waals surface area contributed by atoms with Crippen LogP contribution in [0, 0.1) is 12.8 Å². The van der Waals surface area contributed by atoms with Crippen molar-refractivity contribution in [3.05, 3.63) is 18.0 Å². The highest BCUT2D eigenvalue weighted by atomic mass is 16.4. The Morgan fingerprint density at radius 3 is 2.78 bits per heavy atom. The van der Waals surface area contributed by atoms with Gasteiger partial charge in [0.1, 0.15) is 0 Å². The zero-order valence-corrected chi connectivity index (χ0v) is 10.7. The van der Waals surface area contributed by atoms with Crippen molar-refractivity contribution in [2.75, 3.05) is 6.54 Å². The largest absolute Gasteiger partial charge is 0.481 e. The molecule has 1 aromatic rings. The summed E-state index contributed by atoms with van der Waals surface area (Å²) in [6.07, 6.45) is 3.92. The van der Waals surface area contributed by atoms with Crippen molar-refractivity contribution in [3.8, 4) is 0 Å². The monoisotopic (exact) mass is 253 g/mol. The smallest absolute Gasteiger partial charge is 0.303 e. The minimum Gasteiger partial charge on any atom is -0.481 e. The van der Waals surface area contributed by atoms with E-state index in [1.54, 1.807) is 17.8 Å². The zero-order valence-electron chi connectivity index (χ0n) is 10.7. The fraction of sp³-hybridized carbons (Fsp3) is 0.583. The maximum absolute atomic E-state index is 11.5. The first-order valence-electron chi connectivity index (χ1n) is 5.95. The number of aryl methyl sites for hydroxylation is 1. The average molecular weight is 253 g/mol. The topological polar surface area (TPSA) is 84.2 Å². The standard InChI is InChI=1S/C12H19N3O3/c1-9(6-12(17)18)5-11(16)13-3-4-15-8-10(2)7-14-15/h7-9H,3-6H2,1-2H3,(H,13,16)(H,17,18). The predicted octanol–water partition coefficient (Wildman–Crippen LogP) is 0.809. The molecule has 18 heavy (non-hydrogen) atoms. The molecule has 0 spiro atoms. The Balaban J connectivity index is 2.19. The number of carboxylic acids is 1. The number of carboxylic acid groups (broad SMARTS) is 1. The highest BCUT2D eigenvalue weighted by Crippen LogP contribution is 2.06. The van der Waals surface area contributed by atoms with Crippen molar-refractivity contribution < 1.29 is 14.7 Å². The van der Waals surface area contributed by atoms with Gasteiger partial charge in [0.2, 0.25) is 5.91 Å². The van der Waals surface area contributed by atoms with E-state index < -0.39 is 5.97 Å². The van der Waals surface area contributed by atoms with Gasteiger partial charge in [-0.25, -0.2) is 0 Å². The molecule has 1 rings (SSSR count). The first-order chi connectivity index (χ1) is 8.47. The molecule has 0 aliphatic rings. The third-order valence-electron chi connectivity index (χ3n) is 2.48. The molecule has 0 aromatic carbocycles. The van der Waals surface area contributed by atoms with Crippen LogP contribution >= 0.6 is 0 Å². The van der Waals surface area contributed by atoms with E-state index in [1.165, 1.54) is 0 Å². The van der Waals surface area contributed by atoms with Crippen molar-refractivity contribution in [3.63, 3.8) is 0 Å². The third-order valence-corrected chi connectivity index (χ3v) is 2.48. The van der Waals surface area contributed by atoms with Gasteiger partial charge in [-0.1, -0.05) is 6.92 Å². The highest BCUT2D eigenvalue weighted by Gasteiger charge is 2.12. The summed E-state index contributed by atoms with van der Waals surface area (Å²) in [5.41, 5.74) is 1.08. The Bertz CT molecular complexity index is 414. The van der Waals surface area contributed by atoms with Crippen molar-refractivity contribution in [2.24, 2.45) is 5.92 Å². The van der Waals surface area contributed by atoms with Gasteiger partial charge in [0, 0.05) is 25.6 Å². The Morgan fingerprint density at radius 1 is 1.50 bits per heavy atom. The molecule has 100 valence electrons. The van der Waals surface area contributed by atoms with Gasteiger partial charge in [0.15, 0.2) is 0 Å². The second-order valence-corrected chi connectivity index (χ2v) is 4.54. The number of amides is 1. The van der Waals surface area contributed by atoms with E-state index in [9.17, 15) is 9.59 Å². The predicted molar refractivity (Wildman–Crippen MR) is 66.0 cm³/mol. The summed E-state index contributed by atoms with van der Waals surface area (Å²) in [5.74, 6) is -1.13. The molecule has 0 bridgehead atoms. The molecule has 0 aliphatic heterocycles.